The summed E-state index contributed by atoms with van der Waals surface area (Å²) in [5, 5.41) is 7.85. The second kappa shape index (κ2) is 7.50. The second-order valence-electron chi connectivity index (χ2n) is 5.95. The lowest BCUT2D eigenvalue weighted by Gasteiger charge is -2.10. The fraction of sp³-hybridized carbons (Fsp3) is 0.118. The van der Waals surface area contributed by atoms with Gasteiger partial charge in [-0.3, -0.25) is 4.79 Å². The summed E-state index contributed by atoms with van der Waals surface area (Å²) in [5.41, 5.74) is 0.962. The summed E-state index contributed by atoms with van der Waals surface area (Å²) < 4.78 is 41.4. The van der Waals surface area contributed by atoms with Crippen LogP contribution in [-0.2, 0) is 10.0 Å². The lowest BCUT2D eigenvalue weighted by Crippen LogP contribution is -2.31. The Morgan fingerprint density at radius 1 is 1.11 bits per heavy atom. The van der Waals surface area contributed by atoms with Crippen LogP contribution in [0, 0.1) is 19.7 Å². The van der Waals surface area contributed by atoms with Gasteiger partial charge in [0.25, 0.3) is 15.9 Å². The Morgan fingerprint density at radius 2 is 1.82 bits per heavy atom. The van der Waals surface area contributed by atoms with E-state index in [1.54, 1.807) is 13.8 Å². The molecule has 0 unspecified atom stereocenters. The van der Waals surface area contributed by atoms with E-state index in [4.69, 9.17) is 23.2 Å². The van der Waals surface area contributed by atoms with Crippen LogP contribution in [0.3, 0.4) is 0 Å². The molecule has 7 nitrogen and oxygen atoms in total. The predicted octanol–water partition coefficient (Wildman–Crippen LogP) is 3.45. The molecule has 0 saturated heterocycles. The molecular weight excluding hydrogens is 430 g/mol. The zero-order chi connectivity index (χ0) is 20.6. The number of hydrogen-bond donors (Lipinski definition) is 1. The summed E-state index contributed by atoms with van der Waals surface area (Å²) in [6.07, 6.45) is 1.18. The lowest BCUT2D eigenvalue weighted by atomic mass is 10.2. The van der Waals surface area contributed by atoms with Crippen LogP contribution in [0.15, 0.2) is 41.4 Å². The minimum Gasteiger partial charge on any atom is -0.266 e. The van der Waals surface area contributed by atoms with Gasteiger partial charge in [0.2, 0.25) is 0 Å². The third-order valence-electron chi connectivity index (χ3n) is 3.86. The Hall–Kier alpha value is -2.49. The predicted molar refractivity (Wildman–Crippen MR) is 102 cm³/mol. The van der Waals surface area contributed by atoms with Gasteiger partial charge in [-0.05, 0) is 55.3 Å². The van der Waals surface area contributed by atoms with Gasteiger partial charge in [-0.2, -0.15) is 0 Å². The maximum Gasteiger partial charge on any atom is 0.287 e. The molecule has 11 heteroatoms. The quantitative estimate of drug-likeness (QED) is 0.667. The number of benzene rings is 2. The van der Waals surface area contributed by atoms with E-state index in [1.165, 1.54) is 30.5 Å². The molecule has 3 aromatic rings. The van der Waals surface area contributed by atoms with Crippen LogP contribution in [0.2, 0.25) is 10.0 Å². The number of aromatic nitrogens is 3. The van der Waals surface area contributed by atoms with Crippen molar-refractivity contribution in [2.75, 3.05) is 0 Å². The first-order chi connectivity index (χ1) is 13.1. The van der Waals surface area contributed by atoms with Crippen molar-refractivity contribution >= 4 is 39.1 Å². The summed E-state index contributed by atoms with van der Waals surface area (Å²) in [6.45, 7) is 3.22. The highest BCUT2D eigenvalue weighted by Gasteiger charge is 2.23. The highest BCUT2D eigenvalue weighted by molar-refractivity contribution is 7.90. The van der Waals surface area contributed by atoms with Gasteiger partial charge in [0.05, 0.1) is 21.8 Å². The molecule has 0 bridgehead atoms. The zero-order valence-corrected chi connectivity index (χ0v) is 16.9. The topological polar surface area (TPSA) is 94.0 Å². The Morgan fingerprint density at radius 3 is 2.50 bits per heavy atom. The number of carbonyl (C=O) groups excluding carboxylic acids is 1. The van der Waals surface area contributed by atoms with Crippen LogP contribution in [-0.4, -0.2) is 29.3 Å². The third-order valence-corrected chi connectivity index (χ3v) is 6.04. The Bertz CT molecular complexity index is 1200. The van der Waals surface area contributed by atoms with Crippen molar-refractivity contribution in [1.29, 1.82) is 0 Å². The number of halogens is 3. The van der Waals surface area contributed by atoms with Crippen molar-refractivity contribution in [3.05, 3.63) is 69.2 Å². The van der Waals surface area contributed by atoms with Gasteiger partial charge in [-0.25, -0.2) is 22.2 Å². The summed E-state index contributed by atoms with van der Waals surface area (Å²) >= 11 is 11.9. The summed E-state index contributed by atoms with van der Waals surface area (Å²) in [5.74, 6) is -1.51. The van der Waals surface area contributed by atoms with E-state index in [-0.39, 0.29) is 21.3 Å². The molecule has 3 rings (SSSR count). The third kappa shape index (κ3) is 4.01. The molecule has 0 aliphatic carbocycles. The monoisotopic (exact) mass is 442 g/mol. The number of aryl methyl sites for hydroxylation is 2. The highest BCUT2D eigenvalue weighted by atomic mass is 35.5. The second-order valence-corrected chi connectivity index (χ2v) is 8.41. The van der Waals surface area contributed by atoms with Crippen LogP contribution in [0.4, 0.5) is 4.39 Å². The number of sulfonamides is 1. The standard InChI is InChI=1S/C17H13Cl2FN4O3S/c1-9-6-16(10(2)5-12(9)18)28(26,27)22-17(25)14-8-24(23-21-14)15-4-3-11(20)7-13(15)19/h3-8H,1-2H3,(H,22,25). The summed E-state index contributed by atoms with van der Waals surface area (Å²) in [4.78, 5) is 12.3. The van der Waals surface area contributed by atoms with E-state index < -0.39 is 21.7 Å². The molecule has 0 aliphatic heterocycles. The molecule has 2 aromatic carbocycles. The first kappa shape index (κ1) is 20.2. The number of nitrogens with zero attached hydrogens (tertiary/aromatic N) is 3. The molecule has 28 heavy (non-hydrogen) atoms. The van der Waals surface area contributed by atoms with E-state index in [0.29, 0.717) is 16.1 Å². The van der Waals surface area contributed by atoms with E-state index in [0.717, 1.165) is 10.7 Å². The van der Waals surface area contributed by atoms with Crippen LogP contribution in [0.5, 0.6) is 0 Å². The SMILES string of the molecule is Cc1cc(S(=O)(=O)NC(=O)c2cn(-c3ccc(F)cc3Cl)nn2)c(C)cc1Cl. The van der Waals surface area contributed by atoms with Crippen LogP contribution >= 0.6 is 23.2 Å². The molecular formula is C17H13Cl2FN4O3S. The number of nitrogens with one attached hydrogen (secondary N) is 1. The molecule has 1 N–H and O–H groups in total. The number of rotatable bonds is 4. The maximum atomic E-state index is 13.2. The molecule has 1 aromatic heterocycles. The Balaban J connectivity index is 1.88. The molecule has 1 amide bonds. The van der Waals surface area contributed by atoms with Crippen molar-refractivity contribution in [2.45, 2.75) is 18.7 Å². The van der Waals surface area contributed by atoms with E-state index in [9.17, 15) is 17.6 Å². The van der Waals surface area contributed by atoms with Crippen molar-refractivity contribution in [3.8, 4) is 5.69 Å². The highest BCUT2D eigenvalue weighted by Crippen LogP contribution is 2.24. The Labute approximate surface area is 170 Å². The van der Waals surface area contributed by atoms with Gasteiger partial charge >= 0.3 is 0 Å². The van der Waals surface area contributed by atoms with Crippen molar-refractivity contribution in [1.82, 2.24) is 19.7 Å². The number of carbonyl (C=O) groups is 1. The first-order valence-corrected chi connectivity index (χ1v) is 10.0. The molecule has 0 aliphatic rings. The van der Waals surface area contributed by atoms with Crippen molar-refractivity contribution in [3.63, 3.8) is 0 Å². The van der Waals surface area contributed by atoms with Crippen molar-refractivity contribution in [2.24, 2.45) is 0 Å². The fourth-order valence-electron chi connectivity index (χ4n) is 2.43. The summed E-state index contributed by atoms with van der Waals surface area (Å²) in [6, 6.07) is 6.48. The van der Waals surface area contributed by atoms with Gasteiger partial charge in [-0.1, -0.05) is 28.4 Å². The van der Waals surface area contributed by atoms with Crippen LogP contribution in [0.25, 0.3) is 5.69 Å². The molecule has 146 valence electrons. The average molecular weight is 443 g/mol. The van der Waals surface area contributed by atoms with Gasteiger partial charge in [-0.15, -0.1) is 5.10 Å². The molecule has 0 spiro atoms. The maximum absolute atomic E-state index is 13.2. The van der Waals surface area contributed by atoms with E-state index >= 15 is 0 Å². The largest absolute Gasteiger partial charge is 0.287 e. The van der Waals surface area contributed by atoms with Crippen LogP contribution < -0.4 is 4.72 Å². The summed E-state index contributed by atoms with van der Waals surface area (Å²) in [7, 11) is -4.16. The average Bonchev–Trinajstić information content (AvgIpc) is 3.07. The molecule has 0 fully saturated rings. The first-order valence-electron chi connectivity index (χ1n) is 7.80. The molecule has 0 saturated carbocycles. The minimum absolute atomic E-state index is 0.0525. The smallest absolute Gasteiger partial charge is 0.266 e. The number of amides is 1. The molecule has 1 heterocycles. The van der Waals surface area contributed by atoms with Gasteiger partial charge < -0.3 is 0 Å². The zero-order valence-electron chi connectivity index (χ0n) is 14.6. The minimum atomic E-state index is -4.16. The van der Waals surface area contributed by atoms with Gasteiger partial charge in [0.1, 0.15) is 5.82 Å². The molecule has 0 radical (unpaired) electrons. The number of hydrogen-bond acceptors (Lipinski definition) is 5. The van der Waals surface area contributed by atoms with Crippen LogP contribution in [0.1, 0.15) is 21.6 Å². The Kier molecular flexibility index (Phi) is 5.42. The lowest BCUT2D eigenvalue weighted by molar-refractivity contribution is 0.0976. The van der Waals surface area contributed by atoms with E-state index in [2.05, 4.69) is 10.3 Å². The van der Waals surface area contributed by atoms with Gasteiger partial charge in [0, 0.05) is 5.02 Å². The normalized spacial score (nSPS) is 11.5. The van der Waals surface area contributed by atoms with E-state index in [1.807, 2.05) is 4.72 Å². The molecule has 0 atom stereocenters. The fourth-order valence-corrected chi connectivity index (χ4v) is 4.17. The van der Waals surface area contributed by atoms with Crippen molar-refractivity contribution < 1.29 is 17.6 Å². The van der Waals surface area contributed by atoms with Gasteiger partial charge in [0.15, 0.2) is 5.69 Å².